The first-order valence-corrected chi connectivity index (χ1v) is 15.2. The second-order valence-electron chi connectivity index (χ2n) is 7.47. The summed E-state index contributed by atoms with van der Waals surface area (Å²) in [7, 11) is -7.60. The Hall–Kier alpha value is -2.05. The van der Waals surface area contributed by atoms with Gasteiger partial charge in [0.2, 0.25) is 0 Å². The van der Waals surface area contributed by atoms with Crippen LogP contribution in [-0.4, -0.2) is 17.5 Å². The summed E-state index contributed by atoms with van der Waals surface area (Å²) in [6.45, 7) is -0.0538. The van der Waals surface area contributed by atoms with Gasteiger partial charge in [0.1, 0.15) is 0 Å². The molecule has 4 rings (SSSR count). The van der Waals surface area contributed by atoms with Gasteiger partial charge in [-0.1, -0.05) is 109 Å². The van der Waals surface area contributed by atoms with E-state index in [0.717, 1.165) is 33.4 Å². The van der Waals surface area contributed by atoms with Gasteiger partial charge in [-0.2, -0.15) is 0 Å². The molecule has 0 N–H and O–H groups in total. The van der Waals surface area contributed by atoms with E-state index < -0.39 is 18.1 Å². The zero-order chi connectivity index (χ0) is 26.0. The molecule has 0 aromatic heterocycles. The molecule has 4 aromatic rings. The van der Waals surface area contributed by atoms with Crippen molar-refractivity contribution in [2.45, 2.75) is 13.2 Å². The van der Waals surface area contributed by atoms with E-state index in [9.17, 15) is 17.5 Å². The summed E-state index contributed by atoms with van der Waals surface area (Å²) >= 11 is 8.27. The van der Waals surface area contributed by atoms with Crippen molar-refractivity contribution in [3.05, 3.63) is 120 Å². The van der Waals surface area contributed by atoms with Gasteiger partial charge < -0.3 is 9.11 Å². The summed E-state index contributed by atoms with van der Waals surface area (Å²) in [5.74, 6) is 0. The van der Waals surface area contributed by atoms with Crippen LogP contribution in [0.15, 0.2) is 109 Å². The predicted octanol–water partition coefficient (Wildman–Crippen LogP) is 5.32. The molecule has 0 saturated carbocycles. The minimum Gasteiger partial charge on any atom is -0.748 e. The van der Waals surface area contributed by atoms with Crippen LogP contribution in [0.1, 0.15) is 11.1 Å². The number of benzene rings is 4. The van der Waals surface area contributed by atoms with Crippen LogP contribution in [-0.2, 0) is 78.6 Å². The Bertz CT molecular complexity index is 1330. The minimum atomic E-state index is -3.80. The van der Waals surface area contributed by atoms with Crippen molar-refractivity contribution in [2.75, 3.05) is 0 Å². The average Bonchev–Trinajstić information content (AvgIpc) is 2.87. The minimum absolute atomic E-state index is 0. The maximum absolute atomic E-state index is 10.7. The topological polar surface area (TPSA) is 98.7 Å². The van der Waals surface area contributed by atoms with Gasteiger partial charge in [-0.15, -0.1) is 0 Å². The molecule has 0 radical (unpaired) electrons. The van der Waals surface area contributed by atoms with Gasteiger partial charge in [0.25, 0.3) is 0 Å². The Kier molecular flexibility index (Phi) is 12.4. The molecule has 0 aliphatic carbocycles. The van der Waals surface area contributed by atoms with Crippen LogP contribution in [0.2, 0.25) is 0 Å². The smallest absolute Gasteiger partial charge is 0.748 e. The standard InChI is InChI=1S/2C13H12O3S2.Ni/c2*14-18(15,17)16-10-11-6-8-13(9-7-11)12-4-2-1-3-5-12;/h2*1-9H,10H2,(H,14,15,17);/q;;+2/p-2. The molecule has 11 heteroatoms. The average molecular weight is 617 g/mol. The van der Waals surface area contributed by atoms with E-state index in [1.807, 2.05) is 109 Å². The molecule has 0 bridgehead atoms. The molecule has 0 aliphatic rings. The molecule has 2 unspecified atom stereocenters. The number of rotatable bonds is 8. The molecule has 37 heavy (non-hydrogen) atoms. The fourth-order valence-corrected chi connectivity index (χ4v) is 3.98. The zero-order valence-corrected chi connectivity index (χ0v) is 23.5. The molecular formula is C26H22NiO6S4. The van der Waals surface area contributed by atoms with Gasteiger partial charge in [0.05, 0.1) is 31.3 Å². The Morgan fingerprint density at radius 3 is 1.05 bits per heavy atom. The van der Waals surface area contributed by atoms with Crippen LogP contribution in [0.4, 0.5) is 0 Å². The van der Waals surface area contributed by atoms with E-state index in [1.54, 1.807) is 0 Å². The van der Waals surface area contributed by atoms with E-state index >= 15 is 0 Å². The maximum atomic E-state index is 10.7. The third-order valence-electron chi connectivity index (χ3n) is 4.86. The van der Waals surface area contributed by atoms with Gasteiger partial charge in [-0.05, 0) is 55.8 Å². The molecule has 0 fully saturated rings. The van der Waals surface area contributed by atoms with Gasteiger partial charge in [0, 0.05) is 0 Å². The van der Waals surface area contributed by atoms with E-state index in [0.29, 0.717) is 0 Å². The maximum Gasteiger partial charge on any atom is 2.00 e. The summed E-state index contributed by atoms with van der Waals surface area (Å²) < 4.78 is 51.8. The molecule has 0 amide bonds. The van der Waals surface area contributed by atoms with E-state index in [1.165, 1.54) is 0 Å². The van der Waals surface area contributed by atoms with Crippen molar-refractivity contribution in [3.8, 4) is 22.3 Å². The largest absolute Gasteiger partial charge is 2.00 e. The third-order valence-corrected chi connectivity index (χ3v) is 6.25. The normalized spacial score (nSPS) is 13.7. The monoisotopic (exact) mass is 616 g/mol. The molecule has 6 nitrogen and oxygen atoms in total. The van der Waals surface area contributed by atoms with Gasteiger partial charge in [-0.3, -0.25) is 8.37 Å². The second kappa shape index (κ2) is 14.8. The van der Waals surface area contributed by atoms with Crippen molar-refractivity contribution >= 4 is 40.5 Å². The molecular weight excluding hydrogens is 595 g/mol. The van der Waals surface area contributed by atoms with E-state index in [-0.39, 0.29) is 29.7 Å². The second-order valence-corrected chi connectivity index (χ2v) is 12.0. The van der Waals surface area contributed by atoms with Gasteiger partial charge in [0.15, 0.2) is 0 Å². The van der Waals surface area contributed by atoms with Crippen LogP contribution in [0.5, 0.6) is 0 Å². The van der Waals surface area contributed by atoms with Crippen LogP contribution in [0.3, 0.4) is 0 Å². The Balaban J connectivity index is 0.000000253. The Morgan fingerprint density at radius 1 is 0.514 bits per heavy atom. The molecule has 196 valence electrons. The first kappa shape index (κ1) is 31.2. The van der Waals surface area contributed by atoms with Gasteiger partial charge in [-0.25, -0.2) is 8.42 Å². The van der Waals surface area contributed by atoms with Crippen LogP contribution in [0, 0.1) is 0 Å². The van der Waals surface area contributed by atoms with Crippen molar-refractivity contribution in [1.29, 1.82) is 0 Å². The fourth-order valence-electron chi connectivity index (χ4n) is 3.13. The zero-order valence-electron chi connectivity index (χ0n) is 19.2. The van der Waals surface area contributed by atoms with Crippen molar-refractivity contribution in [3.63, 3.8) is 0 Å². The summed E-state index contributed by atoms with van der Waals surface area (Å²) in [6, 6.07) is 34.8. The van der Waals surface area contributed by atoms with Crippen LogP contribution in [0.25, 0.3) is 22.3 Å². The molecule has 4 aromatic carbocycles. The van der Waals surface area contributed by atoms with Crippen LogP contribution >= 0.6 is 0 Å². The quantitative estimate of drug-likeness (QED) is 0.245. The van der Waals surface area contributed by atoms with Crippen molar-refractivity contribution in [1.82, 2.24) is 0 Å². The first-order chi connectivity index (χ1) is 17.1. The van der Waals surface area contributed by atoms with E-state index in [4.69, 9.17) is 0 Å². The summed E-state index contributed by atoms with van der Waals surface area (Å²) in [4.78, 5) is 0. The van der Waals surface area contributed by atoms with Crippen LogP contribution < -0.4 is 0 Å². The number of hydrogen-bond donors (Lipinski definition) is 0. The fraction of sp³-hybridized carbons (Fsp3) is 0.0769. The van der Waals surface area contributed by atoms with E-state index in [2.05, 4.69) is 30.7 Å². The third kappa shape index (κ3) is 11.9. The van der Waals surface area contributed by atoms with Gasteiger partial charge >= 0.3 is 16.5 Å². The van der Waals surface area contributed by atoms with Crippen molar-refractivity contribution in [2.24, 2.45) is 0 Å². The summed E-state index contributed by atoms with van der Waals surface area (Å²) in [6.07, 6.45) is 0. The summed E-state index contributed by atoms with van der Waals surface area (Å²) in [5, 5.41) is 0. The first-order valence-electron chi connectivity index (χ1n) is 10.6. The molecule has 0 aliphatic heterocycles. The Morgan fingerprint density at radius 2 is 0.784 bits per heavy atom. The number of hydrogen-bond acceptors (Lipinski definition) is 8. The molecule has 2 atom stereocenters. The molecule has 0 spiro atoms. The van der Waals surface area contributed by atoms with Crippen molar-refractivity contribution < 1.29 is 42.4 Å². The summed E-state index contributed by atoms with van der Waals surface area (Å²) in [5.41, 5.74) is 5.90. The molecule has 0 heterocycles. The predicted molar refractivity (Wildman–Crippen MR) is 146 cm³/mol. The Labute approximate surface area is 237 Å². The SMILES string of the molecule is O=S([O-])(=S)OCc1ccc(-c2ccccc2)cc1.O=S([O-])(=S)OCc1ccc(-c2ccccc2)cc1.[Ni+2]. The molecule has 0 saturated heterocycles.